The highest BCUT2D eigenvalue weighted by Crippen LogP contribution is 2.10. The van der Waals surface area contributed by atoms with Crippen LogP contribution in [0, 0.1) is 0 Å². The third-order valence-electron chi connectivity index (χ3n) is 2.30. The first-order chi connectivity index (χ1) is 7.56. The molecular weight excluding hydrogens is 202 g/mol. The number of rotatable bonds is 4. The SMILES string of the molecule is COC(=O)C(C)(N)C/C=C/c1ccccc1. The highest BCUT2D eigenvalue weighted by Gasteiger charge is 2.27. The maximum absolute atomic E-state index is 11.3. The Morgan fingerprint density at radius 3 is 2.62 bits per heavy atom. The summed E-state index contributed by atoms with van der Waals surface area (Å²) in [5.41, 5.74) is 5.94. The Kier molecular flexibility index (Phi) is 4.26. The van der Waals surface area contributed by atoms with Gasteiger partial charge in [-0.3, -0.25) is 4.79 Å². The van der Waals surface area contributed by atoms with Gasteiger partial charge >= 0.3 is 5.97 Å². The van der Waals surface area contributed by atoms with Crippen molar-refractivity contribution in [1.29, 1.82) is 0 Å². The summed E-state index contributed by atoms with van der Waals surface area (Å²) in [4.78, 5) is 11.3. The van der Waals surface area contributed by atoms with E-state index in [0.717, 1.165) is 5.56 Å². The van der Waals surface area contributed by atoms with Gasteiger partial charge in [-0.15, -0.1) is 0 Å². The second kappa shape index (κ2) is 5.47. The van der Waals surface area contributed by atoms with Crippen LogP contribution in [-0.4, -0.2) is 18.6 Å². The first-order valence-electron chi connectivity index (χ1n) is 5.15. The Bertz CT molecular complexity index is 369. The van der Waals surface area contributed by atoms with Crippen molar-refractivity contribution < 1.29 is 9.53 Å². The average Bonchev–Trinajstić information content (AvgIpc) is 2.29. The molecule has 0 aliphatic heterocycles. The van der Waals surface area contributed by atoms with Gasteiger partial charge < -0.3 is 10.5 Å². The fraction of sp³-hybridized carbons (Fsp3) is 0.308. The van der Waals surface area contributed by atoms with E-state index < -0.39 is 11.5 Å². The highest BCUT2D eigenvalue weighted by atomic mass is 16.5. The van der Waals surface area contributed by atoms with E-state index in [-0.39, 0.29) is 0 Å². The molecular formula is C13H17NO2. The van der Waals surface area contributed by atoms with Gasteiger partial charge in [-0.05, 0) is 18.9 Å². The van der Waals surface area contributed by atoms with E-state index in [2.05, 4.69) is 4.74 Å². The number of esters is 1. The standard InChI is InChI=1S/C13H17NO2/c1-13(14,12(15)16-2)10-6-9-11-7-4-3-5-8-11/h3-9H,10,14H2,1-2H3/b9-6+. The molecule has 0 saturated heterocycles. The lowest BCUT2D eigenvalue weighted by Gasteiger charge is -2.19. The summed E-state index contributed by atoms with van der Waals surface area (Å²) < 4.78 is 4.62. The summed E-state index contributed by atoms with van der Waals surface area (Å²) in [6, 6.07) is 9.85. The van der Waals surface area contributed by atoms with E-state index in [1.807, 2.05) is 42.5 Å². The molecule has 0 aliphatic rings. The smallest absolute Gasteiger partial charge is 0.325 e. The van der Waals surface area contributed by atoms with Crippen molar-refractivity contribution in [3.63, 3.8) is 0 Å². The molecule has 0 aliphatic carbocycles. The Labute approximate surface area is 95.9 Å². The van der Waals surface area contributed by atoms with Gasteiger partial charge in [-0.2, -0.15) is 0 Å². The normalized spacial score (nSPS) is 14.7. The van der Waals surface area contributed by atoms with Gasteiger partial charge in [-0.1, -0.05) is 42.5 Å². The topological polar surface area (TPSA) is 52.3 Å². The van der Waals surface area contributed by atoms with Crippen LogP contribution in [0.3, 0.4) is 0 Å². The van der Waals surface area contributed by atoms with Gasteiger partial charge in [0.15, 0.2) is 0 Å². The molecule has 0 radical (unpaired) electrons. The molecule has 1 aromatic rings. The van der Waals surface area contributed by atoms with Gasteiger partial charge in [0.05, 0.1) is 7.11 Å². The first-order valence-corrected chi connectivity index (χ1v) is 5.15. The van der Waals surface area contributed by atoms with E-state index in [9.17, 15) is 4.79 Å². The number of carbonyl (C=O) groups is 1. The number of nitrogens with two attached hydrogens (primary N) is 1. The van der Waals surface area contributed by atoms with E-state index >= 15 is 0 Å². The molecule has 0 saturated carbocycles. The van der Waals surface area contributed by atoms with Gasteiger partial charge in [0.25, 0.3) is 0 Å². The average molecular weight is 219 g/mol. The minimum Gasteiger partial charge on any atom is -0.468 e. The van der Waals surface area contributed by atoms with Crippen molar-refractivity contribution in [2.45, 2.75) is 18.9 Å². The molecule has 86 valence electrons. The number of methoxy groups -OCH3 is 1. The summed E-state index contributed by atoms with van der Waals surface area (Å²) in [6.07, 6.45) is 4.27. The third kappa shape index (κ3) is 3.51. The summed E-state index contributed by atoms with van der Waals surface area (Å²) in [7, 11) is 1.34. The largest absolute Gasteiger partial charge is 0.468 e. The molecule has 3 nitrogen and oxygen atoms in total. The summed E-state index contributed by atoms with van der Waals surface area (Å²) in [5.74, 6) is -0.398. The molecule has 0 amide bonds. The maximum atomic E-state index is 11.3. The Hall–Kier alpha value is -1.61. The van der Waals surface area contributed by atoms with Crippen LogP contribution in [0.2, 0.25) is 0 Å². The molecule has 1 rings (SSSR count). The first kappa shape index (κ1) is 12.5. The molecule has 0 bridgehead atoms. The van der Waals surface area contributed by atoms with Gasteiger partial charge in [0, 0.05) is 0 Å². The van der Waals surface area contributed by atoms with E-state index in [1.54, 1.807) is 6.92 Å². The lowest BCUT2D eigenvalue weighted by molar-refractivity contribution is -0.146. The lowest BCUT2D eigenvalue weighted by atomic mass is 9.99. The second-order valence-corrected chi connectivity index (χ2v) is 3.93. The van der Waals surface area contributed by atoms with Crippen LogP contribution in [0.1, 0.15) is 18.9 Å². The van der Waals surface area contributed by atoms with Crippen molar-refractivity contribution in [3.8, 4) is 0 Å². The molecule has 1 atom stereocenters. The molecule has 1 aromatic carbocycles. The van der Waals surface area contributed by atoms with Crippen LogP contribution >= 0.6 is 0 Å². The van der Waals surface area contributed by atoms with Crippen LogP contribution in [0.4, 0.5) is 0 Å². The highest BCUT2D eigenvalue weighted by molar-refractivity contribution is 5.80. The zero-order valence-electron chi connectivity index (χ0n) is 9.64. The quantitative estimate of drug-likeness (QED) is 0.788. The monoisotopic (exact) mass is 219 g/mol. The second-order valence-electron chi connectivity index (χ2n) is 3.93. The van der Waals surface area contributed by atoms with Crippen LogP contribution in [0.15, 0.2) is 36.4 Å². The summed E-state index contributed by atoms with van der Waals surface area (Å²) in [6.45, 7) is 1.66. The Morgan fingerprint density at radius 1 is 1.44 bits per heavy atom. The predicted octanol–water partition coefficient (Wildman–Crippen LogP) is 1.98. The molecule has 0 heterocycles. The fourth-order valence-corrected chi connectivity index (χ4v) is 1.32. The summed E-state index contributed by atoms with van der Waals surface area (Å²) >= 11 is 0. The minimum atomic E-state index is -0.958. The van der Waals surface area contributed by atoms with Gasteiger partial charge in [0.2, 0.25) is 0 Å². The minimum absolute atomic E-state index is 0.398. The van der Waals surface area contributed by atoms with Crippen LogP contribution < -0.4 is 5.73 Å². The number of benzene rings is 1. The van der Waals surface area contributed by atoms with E-state index in [4.69, 9.17) is 5.73 Å². The van der Waals surface area contributed by atoms with Gasteiger partial charge in [0.1, 0.15) is 5.54 Å². The van der Waals surface area contributed by atoms with Gasteiger partial charge in [-0.25, -0.2) is 0 Å². The van der Waals surface area contributed by atoms with Crippen molar-refractivity contribution in [3.05, 3.63) is 42.0 Å². The number of ether oxygens (including phenoxy) is 1. The van der Waals surface area contributed by atoms with Crippen molar-refractivity contribution >= 4 is 12.0 Å². The molecule has 0 aromatic heterocycles. The van der Waals surface area contributed by atoms with Crippen molar-refractivity contribution in [2.24, 2.45) is 5.73 Å². The number of hydrogen-bond donors (Lipinski definition) is 1. The Morgan fingerprint density at radius 2 is 2.06 bits per heavy atom. The molecule has 1 unspecified atom stereocenters. The summed E-state index contributed by atoms with van der Waals surface area (Å²) in [5, 5.41) is 0. The van der Waals surface area contributed by atoms with Crippen molar-refractivity contribution in [1.82, 2.24) is 0 Å². The molecule has 16 heavy (non-hydrogen) atoms. The number of hydrogen-bond acceptors (Lipinski definition) is 3. The number of carbonyl (C=O) groups excluding carboxylic acids is 1. The molecule has 0 fully saturated rings. The fourth-order valence-electron chi connectivity index (χ4n) is 1.32. The van der Waals surface area contributed by atoms with E-state index in [1.165, 1.54) is 7.11 Å². The lowest BCUT2D eigenvalue weighted by Crippen LogP contribution is -2.45. The van der Waals surface area contributed by atoms with Crippen LogP contribution in [-0.2, 0) is 9.53 Å². The Balaban J connectivity index is 2.58. The van der Waals surface area contributed by atoms with Crippen LogP contribution in [0.5, 0.6) is 0 Å². The third-order valence-corrected chi connectivity index (χ3v) is 2.30. The molecule has 3 heteroatoms. The van der Waals surface area contributed by atoms with Crippen molar-refractivity contribution in [2.75, 3.05) is 7.11 Å². The molecule has 2 N–H and O–H groups in total. The van der Waals surface area contributed by atoms with Crippen LogP contribution in [0.25, 0.3) is 6.08 Å². The van der Waals surface area contributed by atoms with E-state index in [0.29, 0.717) is 6.42 Å². The zero-order chi connectivity index (χ0) is 12.0. The zero-order valence-corrected chi connectivity index (χ0v) is 9.64. The maximum Gasteiger partial charge on any atom is 0.325 e. The molecule has 0 spiro atoms. The predicted molar refractivity (Wildman–Crippen MR) is 64.7 cm³/mol.